The first-order chi connectivity index (χ1) is 5.81. The van der Waals surface area contributed by atoms with Crippen LogP contribution in [0.2, 0.25) is 0 Å². The zero-order valence-corrected chi connectivity index (χ0v) is 8.08. The van der Waals surface area contributed by atoms with E-state index < -0.39 is 0 Å². The van der Waals surface area contributed by atoms with Crippen LogP contribution < -0.4 is 4.74 Å². The van der Waals surface area contributed by atoms with E-state index in [1.165, 1.54) is 0 Å². The largest absolute Gasteiger partial charge is 0.481 e. The van der Waals surface area contributed by atoms with Crippen molar-refractivity contribution in [1.82, 2.24) is 9.38 Å². The molecule has 0 aliphatic carbocycles. The molecule has 0 unspecified atom stereocenters. The van der Waals surface area contributed by atoms with Crippen LogP contribution in [0.15, 0.2) is 29.0 Å². The molecule has 12 heavy (non-hydrogen) atoms. The van der Waals surface area contributed by atoms with Gasteiger partial charge in [0.2, 0.25) is 5.88 Å². The number of nitrogens with zero attached hydrogens (tertiary/aromatic N) is 2. The smallest absolute Gasteiger partial charge is 0.218 e. The minimum Gasteiger partial charge on any atom is -0.481 e. The van der Waals surface area contributed by atoms with Crippen LogP contribution in [0.1, 0.15) is 0 Å². The fraction of sp³-hybridized carbons (Fsp3) is 0.125. The van der Waals surface area contributed by atoms with E-state index in [-0.39, 0.29) is 0 Å². The Bertz CT molecular complexity index is 410. The van der Waals surface area contributed by atoms with Crippen molar-refractivity contribution in [3.8, 4) is 5.88 Å². The Morgan fingerprint density at radius 2 is 2.33 bits per heavy atom. The summed E-state index contributed by atoms with van der Waals surface area (Å²) in [4.78, 5) is 4.15. The monoisotopic (exact) mass is 226 g/mol. The highest BCUT2D eigenvalue weighted by Crippen LogP contribution is 2.17. The van der Waals surface area contributed by atoms with Crippen molar-refractivity contribution in [3.63, 3.8) is 0 Å². The van der Waals surface area contributed by atoms with Crippen LogP contribution in [0.3, 0.4) is 0 Å². The second-order valence-electron chi connectivity index (χ2n) is 2.38. The van der Waals surface area contributed by atoms with Crippen molar-refractivity contribution in [3.05, 3.63) is 29.0 Å². The maximum atomic E-state index is 5.10. The van der Waals surface area contributed by atoms with Crippen LogP contribution >= 0.6 is 15.9 Å². The number of hydrogen-bond acceptors (Lipinski definition) is 2. The first kappa shape index (κ1) is 7.61. The summed E-state index contributed by atoms with van der Waals surface area (Å²) in [6.07, 6.45) is 3.61. The van der Waals surface area contributed by atoms with Gasteiger partial charge in [0, 0.05) is 10.7 Å². The maximum Gasteiger partial charge on any atom is 0.218 e. The molecule has 0 amide bonds. The molecule has 0 aliphatic rings. The molecule has 0 saturated carbocycles. The molecule has 3 nitrogen and oxygen atoms in total. The van der Waals surface area contributed by atoms with Gasteiger partial charge < -0.3 is 4.74 Å². The summed E-state index contributed by atoms with van der Waals surface area (Å²) in [6, 6.07) is 3.87. The van der Waals surface area contributed by atoms with Crippen molar-refractivity contribution in [2.24, 2.45) is 0 Å². The van der Waals surface area contributed by atoms with Gasteiger partial charge in [0.15, 0.2) is 0 Å². The first-order valence-electron chi connectivity index (χ1n) is 3.48. The Balaban J connectivity index is 2.75. The van der Waals surface area contributed by atoms with E-state index in [1.807, 2.05) is 22.7 Å². The number of fused-ring (bicyclic) bond motifs is 1. The van der Waals surface area contributed by atoms with E-state index in [9.17, 15) is 0 Å². The summed E-state index contributed by atoms with van der Waals surface area (Å²) in [6.45, 7) is 0. The molecule has 0 radical (unpaired) electrons. The van der Waals surface area contributed by atoms with Crippen LogP contribution in [0.5, 0.6) is 5.88 Å². The summed E-state index contributed by atoms with van der Waals surface area (Å²) in [5.41, 5.74) is 0.884. The molecular formula is C8H7BrN2O. The summed E-state index contributed by atoms with van der Waals surface area (Å²) < 4.78 is 7.99. The number of hydrogen-bond donors (Lipinski definition) is 0. The second kappa shape index (κ2) is 2.79. The molecule has 0 N–H and O–H groups in total. The second-order valence-corrected chi connectivity index (χ2v) is 3.29. The zero-order chi connectivity index (χ0) is 8.55. The van der Waals surface area contributed by atoms with Gasteiger partial charge in [0.25, 0.3) is 0 Å². The number of methoxy groups -OCH3 is 1. The Hall–Kier alpha value is -1.03. The Morgan fingerprint density at radius 3 is 3.08 bits per heavy atom. The van der Waals surface area contributed by atoms with Crippen molar-refractivity contribution in [1.29, 1.82) is 0 Å². The molecule has 0 aromatic carbocycles. The van der Waals surface area contributed by atoms with Gasteiger partial charge in [0.05, 0.1) is 13.3 Å². The number of aromatic nitrogens is 2. The van der Waals surface area contributed by atoms with Crippen LogP contribution in [0.4, 0.5) is 0 Å². The minimum atomic E-state index is 0.742. The van der Waals surface area contributed by atoms with Gasteiger partial charge in [-0.25, -0.2) is 4.98 Å². The van der Waals surface area contributed by atoms with E-state index in [4.69, 9.17) is 4.74 Å². The van der Waals surface area contributed by atoms with Crippen molar-refractivity contribution >= 4 is 21.6 Å². The molecule has 2 aromatic rings. The van der Waals surface area contributed by atoms with E-state index in [2.05, 4.69) is 20.9 Å². The Labute approximate surface area is 78.1 Å². The summed E-state index contributed by atoms with van der Waals surface area (Å²) in [5, 5.41) is 0. The highest BCUT2D eigenvalue weighted by molar-refractivity contribution is 9.10. The summed E-state index contributed by atoms with van der Waals surface area (Å²) in [7, 11) is 1.63. The fourth-order valence-electron chi connectivity index (χ4n) is 1.08. The van der Waals surface area contributed by atoms with E-state index in [0.717, 1.165) is 16.0 Å². The third kappa shape index (κ3) is 1.08. The number of pyridine rings is 1. The molecule has 0 aliphatic heterocycles. The van der Waals surface area contributed by atoms with Gasteiger partial charge in [-0.15, -0.1) is 0 Å². The fourth-order valence-corrected chi connectivity index (χ4v) is 1.42. The minimum absolute atomic E-state index is 0.742. The molecule has 4 heteroatoms. The molecule has 2 rings (SSSR count). The van der Waals surface area contributed by atoms with Crippen molar-refractivity contribution in [2.45, 2.75) is 0 Å². The number of imidazole rings is 1. The highest BCUT2D eigenvalue weighted by atomic mass is 79.9. The average molecular weight is 227 g/mol. The molecule has 0 bridgehead atoms. The summed E-state index contributed by atoms with van der Waals surface area (Å²) in [5.74, 6) is 0.742. The van der Waals surface area contributed by atoms with Crippen LogP contribution in [0.25, 0.3) is 5.65 Å². The topological polar surface area (TPSA) is 26.5 Å². The number of rotatable bonds is 1. The van der Waals surface area contributed by atoms with Crippen LogP contribution in [0, 0.1) is 0 Å². The van der Waals surface area contributed by atoms with Gasteiger partial charge in [-0.2, -0.15) is 0 Å². The molecule has 2 heterocycles. The molecule has 0 saturated heterocycles. The molecule has 0 atom stereocenters. The lowest BCUT2D eigenvalue weighted by atomic mass is 10.5. The molecule has 2 aromatic heterocycles. The number of halogens is 1. The van der Waals surface area contributed by atoms with Gasteiger partial charge in [-0.1, -0.05) is 0 Å². The van der Waals surface area contributed by atoms with Gasteiger partial charge >= 0.3 is 0 Å². The van der Waals surface area contributed by atoms with Crippen molar-refractivity contribution in [2.75, 3.05) is 7.11 Å². The summed E-state index contributed by atoms with van der Waals surface area (Å²) >= 11 is 3.38. The van der Waals surface area contributed by atoms with Gasteiger partial charge in [-0.3, -0.25) is 4.40 Å². The SMILES string of the molecule is COc1cnc2ccc(Br)cn12. The molecule has 0 fully saturated rings. The lowest BCUT2D eigenvalue weighted by Gasteiger charge is -1.98. The Kier molecular flexibility index (Phi) is 1.77. The van der Waals surface area contributed by atoms with Crippen LogP contribution in [-0.4, -0.2) is 16.5 Å². The van der Waals surface area contributed by atoms with E-state index >= 15 is 0 Å². The molecular weight excluding hydrogens is 220 g/mol. The van der Waals surface area contributed by atoms with Crippen LogP contribution in [-0.2, 0) is 0 Å². The third-order valence-electron chi connectivity index (χ3n) is 1.64. The number of ether oxygens (including phenoxy) is 1. The van der Waals surface area contributed by atoms with E-state index in [0.29, 0.717) is 0 Å². The maximum absolute atomic E-state index is 5.10. The van der Waals surface area contributed by atoms with E-state index in [1.54, 1.807) is 13.3 Å². The first-order valence-corrected chi connectivity index (χ1v) is 4.27. The standard InChI is InChI=1S/C8H7BrN2O/c1-12-8-4-10-7-3-2-6(9)5-11(7)8/h2-5H,1H3. The average Bonchev–Trinajstić information content (AvgIpc) is 2.46. The van der Waals surface area contributed by atoms with Crippen molar-refractivity contribution < 1.29 is 4.74 Å². The lowest BCUT2D eigenvalue weighted by molar-refractivity contribution is 0.394. The normalized spacial score (nSPS) is 10.5. The van der Waals surface area contributed by atoms with Gasteiger partial charge in [-0.05, 0) is 28.1 Å². The zero-order valence-electron chi connectivity index (χ0n) is 6.49. The quantitative estimate of drug-likeness (QED) is 0.745. The Morgan fingerprint density at radius 1 is 1.50 bits per heavy atom. The lowest BCUT2D eigenvalue weighted by Crippen LogP contribution is -1.89. The van der Waals surface area contributed by atoms with Gasteiger partial charge in [0.1, 0.15) is 5.65 Å². The molecule has 62 valence electrons. The third-order valence-corrected chi connectivity index (χ3v) is 2.11. The highest BCUT2D eigenvalue weighted by Gasteiger charge is 2.01. The molecule has 0 spiro atoms. The predicted molar refractivity (Wildman–Crippen MR) is 49.4 cm³/mol. The predicted octanol–water partition coefficient (Wildman–Crippen LogP) is 2.11.